The number of carbonyl (C=O) groups excluding carboxylic acids is 1. The largest absolute Gasteiger partial charge is 0.379 e. The minimum atomic E-state index is -3.77. The number of aryl methyl sites for hydroxylation is 1. The SMILES string of the molecule is Cc1ccc(S(=O)(=O)N2CCOCC2)cc1C(=O)Nc1ccc(F)cc1F. The minimum Gasteiger partial charge on any atom is -0.379 e. The van der Waals surface area contributed by atoms with Gasteiger partial charge in [-0.1, -0.05) is 6.07 Å². The van der Waals surface area contributed by atoms with Crippen LogP contribution >= 0.6 is 0 Å². The lowest BCUT2D eigenvalue weighted by Crippen LogP contribution is -2.40. The Morgan fingerprint density at radius 2 is 1.81 bits per heavy atom. The molecule has 1 amide bonds. The number of morpholine rings is 1. The predicted molar refractivity (Wildman–Crippen MR) is 95.1 cm³/mol. The second-order valence-electron chi connectivity index (χ2n) is 6.07. The summed E-state index contributed by atoms with van der Waals surface area (Å²) >= 11 is 0. The van der Waals surface area contributed by atoms with Crippen molar-refractivity contribution in [2.75, 3.05) is 31.6 Å². The molecule has 0 radical (unpaired) electrons. The van der Waals surface area contributed by atoms with Crippen LogP contribution in [0.15, 0.2) is 41.3 Å². The van der Waals surface area contributed by atoms with Crippen LogP contribution in [0, 0.1) is 18.6 Å². The molecule has 6 nitrogen and oxygen atoms in total. The maximum Gasteiger partial charge on any atom is 0.256 e. The van der Waals surface area contributed by atoms with Crippen molar-refractivity contribution in [3.63, 3.8) is 0 Å². The molecule has 0 saturated carbocycles. The first kappa shape index (κ1) is 19.4. The highest BCUT2D eigenvalue weighted by atomic mass is 32.2. The standard InChI is InChI=1S/C18H18F2N2O4S/c1-12-2-4-14(27(24,25)22-6-8-26-9-7-22)11-15(12)18(23)21-17-5-3-13(19)10-16(17)20/h2-5,10-11H,6-9H2,1H3,(H,21,23). The highest BCUT2D eigenvalue weighted by molar-refractivity contribution is 7.89. The van der Waals surface area contributed by atoms with Gasteiger partial charge in [-0.2, -0.15) is 4.31 Å². The van der Waals surface area contributed by atoms with Crippen molar-refractivity contribution < 1.29 is 26.7 Å². The van der Waals surface area contributed by atoms with Crippen molar-refractivity contribution >= 4 is 21.6 Å². The van der Waals surface area contributed by atoms with E-state index in [4.69, 9.17) is 4.74 Å². The van der Waals surface area contributed by atoms with Gasteiger partial charge in [0, 0.05) is 24.7 Å². The van der Waals surface area contributed by atoms with Crippen molar-refractivity contribution in [1.29, 1.82) is 0 Å². The van der Waals surface area contributed by atoms with Crippen LogP contribution in [0.1, 0.15) is 15.9 Å². The average molecular weight is 396 g/mol. The first-order chi connectivity index (χ1) is 12.8. The van der Waals surface area contributed by atoms with Gasteiger partial charge in [0.15, 0.2) is 0 Å². The lowest BCUT2D eigenvalue weighted by Gasteiger charge is -2.26. The maximum atomic E-state index is 13.8. The molecule has 1 heterocycles. The second kappa shape index (κ2) is 7.71. The summed E-state index contributed by atoms with van der Waals surface area (Å²) in [6, 6.07) is 6.98. The molecule has 1 aliphatic rings. The summed E-state index contributed by atoms with van der Waals surface area (Å²) in [7, 11) is -3.77. The number of hydrogen-bond acceptors (Lipinski definition) is 4. The zero-order chi connectivity index (χ0) is 19.6. The molecular weight excluding hydrogens is 378 g/mol. The Hall–Kier alpha value is -2.36. The molecule has 0 bridgehead atoms. The summed E-state index contributed by atoms with van der Waals surface area (Å²) in [5, 5.41) is 2.34. The van der Waals surface area contributed by atoms with E-state index in [1.165, 1.54) is 22.5 Å². The summed E-state index contributed by atoms with van der Waals surface area (Å²) in [5.74, 6) is -2.37. The molecular formula is C18H18F2N2O4S. The first-order valence-electron chi connectivity index (χ1n) is 8.24. The Morgan fingerprint density at radius 1 is 1.11 bits per heavy atom. The van der Waals surface area contributed by atoms with Crippen LogP contribution in [0.4, 0.5) is 14.5 Å². The molecule has 0 aromatic heterocycles. The molecule has 1 N–H and O–H groups in total. The topological polar surface area (TPSA) is 75.7 Å². The van der Waals surface area contributed by atoms with Gasteiger partial charge >= 0.3 is 0 Å². The van der Waals surface area contributed by atoms with Gasteiger partial charge in [-0.05, 0) is 36.8 Å². The van der Waals surface area contributed by atoms with Crippen LogP contribution in [-0.4, -0.2) is 44.9 Å². The van der Waals surface area contributed by atoms with Crippen LogP contribution in [0.25, 0.3) is 0 Å². The predicted octanol–water partition coefficient (Wildman–Crippen LogP) is 2.55. The summed E-state index contributed by atoms with van der Waals surface area (Å²) < 4.78 is 58.7. The summed E-state index contributed by atoms with van der Waals surface area (Å²) in [4.78, 5) is 12.5. The zero-order valence-corrected chi connectivity index (χ0v) is 15.4. The van der Waals surface area contributed by atoms with Crippen molar-refractivity contribution in [2.24, 2.45) is 0 Å². The van der Waals surface area contributed by atoms with E-state index in [-0.39, 0.29) is 29.2 Å². The molecule has 9 heteroatoms. The number of benzene rings is 2. The fourth-order valence-electron chi connectivity index (χ4n) is 2.72. The molecule has 0 aliphatic carbocycles. The molecule has 1 saturated heterocycles. The Bertz CT molecular complexity index is 973. The fraction of sp³-hybridized carbons (Fsp3) is 0.278. The summed E-state index contributed by atoms with van der Waals surface area (Å²) in [5.41, 5.74) is 0.422. The van der Waals surface area contributed by atoms with Crippen molar-refractivity contribution in [3.05, 3.63) is 59.2 Å². The normalized spacial score (nSPS) is 15.5. The monoisotopic (exact) mass is 396 g/mol. The van der Waals surface area contributed by atoms with Crippen LogP contribution in [0.3, 0.4) is 0 Å². The van der Waals surface area contributed by atoms with Crippen LogP contribution in [-0.2, 0) is 14.8 Å². The van der Waals surface area contributed by atoms with Crippen LogP contribution < -0.4 is 5.32 Å². The van der Waals surface area contributed by atoms with Gasteiger partial charge in [0.05, 0.1) is 23.8 Å². The van der Waals surface area contributed by atoms with Gasteiger partial charge in [-0.25, -0.2) is 17.2 Å². The van der Waals surface area contributed by atoms with Crippen molar-refractivity contribution in [3.8, 4) is 0 Å². The smallest absolute Gasteiger partial charge is 0.256 e. The molecule has 1 fully saturated rings. The number of halogens is 2. The quantitative estimate of drug-likeness (QED) is 0.862. The number of nitrogens with zero attached hydrogens (tertiary/aromatic N) is 1. The molecule has 27 heavy (non-hydrogen) atoms. The number of nitrogens with one attached hydrogen (secondary N) is 1. The number of rotatable bonds is 4. The van der Waals surface area contributed by atoms with Gasteiger partial charge in [0.25, 0.3) is 5.91 Å². The zero-order valence-electron chi connectivity index (χ0n) is 14.5. The Balaban J connectivity index is 1.89. The van der Waals surface area contributed by atoms with E-state index in [0.29, 0.717) is 24.8 Å². The molecule has 2 aromatic rings. The van der Waals surface area contributed by atoms with Crippen molar-refractivity contribution in [1.82, 2.24) is 4.31 Å². The van der Waals surface area contributed by atoms with E-state index in [0.717, 1.165) is 12.1 Å². The van der Waals surface area contributed by atoms with Gasteiger partial charge < -0.3 is 10.1 Å². The third-order valence-electron chi connectivity index (χ3n) is 4.24. The van der Waals surface area contributed by atoms with Gasteiger partial charge in [-0.15, -0.1) is 0 Å². The highest BCUT2D eigenvalue weighted by Gasteiger charge is 2.27. The van der Waals surface area contributed by atoms with Gasteiger partial charge in [0.2, 0.25) is 10.0 Å². The first-order valence-corrected chi connectivity index (χ1v) is 9.68. The lowest BCUT2D eigenvalue weighted by atomic mass is 10.1. The third-order valence-corrected chi connectivity index (χ3v) is 6.14. The van der Waals surface area contributed by atoms with Crippen LogP contribution in [0.2, 0.25) is 0 Å². The fourth-order valence-corrected chi connectivity index (χ4v) is 4.16. The number of amides is 1. The van der Waals surface area contributed by atoms with Crippen molar-refractivity contribution in [2.45, 2.75) is 11.8 Å². The molecule has 1 aliphatic heterocycles. The summed E-state index contributed by atoms with van der Waals surface area (Å²) in [6.45, 7) is 2.72. The third kappa shape index (κ3) is 4.15. The minimum absolute atomic E-state index is 0.0280. The van der Waals surface area contributed by atoms with E-state index in [1.807, 2.05) is 0 Å². The van der Waals surface area contributed by atoms with E-state index in [9.17, 15) is 22.0 Å². The summed E-state index contributed by atoms with van der Waals surface area (Å²) in [6.07, 6.45) is 0. The Morgan fingerprint density at radius 3 is 2.48 bits per heavy atom. The lowest BCUT2D eigenvalue weighted by molar-refractivity contribution is 0.0730. The highest BCUT2D eigenvalue weighted by Crippen LogP contribution is 2.22. The van der Waals surface area contributed by atoms with E-state index in [1.54, 1.807) is 6.92 Å². The maximum absolute atomic E-state index is 13.8. The van der Waals surface area contributed by atoms with Gasteiger partial charge in [-0.3, -0.25) is 4.79 Å². The molecule has 0 unspecified atom stereocenters. The van der Waals surface area contributed by atoms with Crippen LogP contribution in [0.5, 0.6) is 0 Å². The van der Waals surface area contributed by atoms with E-state index >= 15 is 0 Å². The van der Waals surface area contributed by atoms with Gasteiger partial charge in [0.1, 0.15) is 11.6 Å². The molecule has 0 spiro atoms. The molecule has 2 aromatic carbocycles. The Labute approximate surface area is 155 Å². The molecule has 0 atom stereocenters. The number of hydrogen-bond donors (Lipinski definition) is 1. The Kier molecular flexibility index (Phi) is 5.54. The number of sulfonamides is 1. The number of ether oxygens (including phenoxy) is 1. The average Bonchev–Trinajstić information content (AvgIpc) is 2.65. The molecule has 144 valence electrons. The number of carbonyl (C=O) groups is 1. The molecule has 3 rings (SSSR count). The van der Waals surface area contributed by atoms with E-state index < -0.39 is 27.6 Å². The number of anilines is 1. The van der Waals surface area contributed by atoms with E-state index in [2.05, 4.69) is 5.32 Å². The second-order valence-corrected chi connectivity index (χ2v) is 8.01.